The van der Waals surface area contributed by atoms with Crippen LogP contribution in [0.25, 0.3) is 86.4 Å². The molecule has 6 aromatic carbocycles. The van der Waals surface area contributed by atoms with E-state index in [4.69, 9.17) is 9.97 Å². The van der Waals surface area contributed by atoms with Gasteiger partial charge in [0, 0.05) is 47.5 Å². The molecule has 0 spiro atoms. The number of hydrogen-bond donors (Lipinski definition) is 0. The van der Waals surface area contributed by atoms with E-state index in [1.807, 2.05) is 48.8 Å². The predicted octanol–water partition coefficient (Wildman–Crippen LogP) is 12.6. The minimum absolute atomic E-state index is 0.657. The number of allylic oxidation sites excluding steroid dienone is 5. The van der Waals surface area contributed by atoms with Crippen LogP contribution in [0.1, 0.15) is 12.7 Å². The van der Waals surface area contributed by atoms with E-state index in [-0.39, 0.29) is 0 Å². The molecular weight excluding hydrogens is 615 g/mol. The van der Waals surface area contributed by atoms with Crippen molar-refractivity contribution in [2.75, 3.05) is 0 Å². The lowest BCUT2D eigenvalue weighted by molar-refractivity contribution is 1.06. The van der Waals surface area contributed by atoms with Gasteiger partial charge in [-0.1, -0.05) is 140 Å². The van der Waals surface area contributed by atoms with Crippen LogP contribution >= 0.6 is 11.3 Å². The number of thiophene rings is 1. The maximum atomic E-state index is 5.31. The third-order valence-corrected chi connectivity index (χ3v) is 10.5. The summed E-state index contributed by atoms with van der Waals surface area (Å²) in [6.45, 7) is 5.95. The van der Waals surface area contributed by atoms with Gasteiger partial charge in [0.15, 0.2) is 5.82 Å². The Kier molecular flexibility index (Phi) is 7.03. The molecule has 0 fully saturated rings. The maximum absolute atomic E-state index is 5.31. The lowest BCUT2D eigenvalue weighted by Gasteiger charge is -2.15. The molecule has 0 unspecified atom stereocenters. The number of hydrogen-bond acceptors (Lipinski definition) is 3. The first-order chi connectivity index (χ1) is 24.2. The predicted molar refractivity (Wildman–Crippen MR) is 211 cm³/mol. The Morgan fingerprint density at radius 3 is 2.14 bits per heavy atom. The monoisotopic (exact) mass is 645 g/mol. The molecule has 0 N–H and O–H groups in total. The van der Waals surface area contributed by atoms with Crippen molar-refractivity contribution in [3.05, 3.63) is 170 Å². The Labute approximate surface area is 288 Å². The summed E-state index contributed by atoms with van der Waals surface area (Å²) >= 11 is 1.87. The maximum Gasteiger partial charge on any atom is 0.159 e. The molecule has 49 heavy (non-hydrogen) atoms. The molecule has 0 amide bonds. The lowest BCUT2D eigenvalue weighted by atomic mass is 9.98. The summed E-state index contributed by atoms with van der Waals surface area (Å²) in [5.41, 5.74) is 8.42. The van der Waals surface area contributed by atoms with Crippen LogP contribution in [0.15, 0.2) is 164 Å². The van der Waals surface area contributed by atoms with E-state index in [0.29, 0.717) is 5.82 Å². The number of benzene rings is 6. The molecular formula is C45H31N3S. The summed E-state index contributed by atoms with van der Waals surface area (Å²) in [7, 11) is 0. The molecule has 232 valence electrons. The van der Waals surface area contributed by atoms with Gasteiger partial charge in [0.05, 0.1) is 28.6 Å². The van der Waals surface area contributed by atoms with Crippen molar-refractivity contribution in [1.29, 1.82) is 0 Å². The number of fused-ring (bicyclic) bond motifs is 10. The van der Waals surface area contributed by atoms with Gasteiger partial charge >= 0.3 is 0 Å². The second kappa shape index (κ2) is 11.9. The van der Waals surface area contributed by atoms with Crippen LogP contribution < -0.4 is 0 Å². The quantitative estimate of drug-likeness (QED) is 0.168. The van der Waals surface area contributed by atoms with Gasteiger partial charge in [0.25, 0.3) is 0 Å². The fourth-order valence-corrected chi connectivity index (χ4v) is 8.47. The fourth-order valence-electron chi connectivity index (χ4n) is 7.23. The number of rotatable bonds is 6. The molecule has 0 aliphatic rings. The highest BCUT2D eigenvalue weighted by atomic mass is 32.1. The molecule has 0 bridgehead atoms. The van der Waals surface area contributed by atoms with E-state index in [9.17, 15) is 0 Å². The van der Waals surface area contributed by atoms with Crippen LogP contribution in [0.3, 0.4) is 0 Å². The van der Waals surface area contributed by atoms with E-state index >= 15 is 0 Å². The van der Waals surface area contributed by atoms with E-state index < -0.39 is 0 Å². The zero-order valence-corrected chi connectivity index (χ0v) is 27.8. The average Bonchev–Trinajstić information content (AvgIpc) is 3.71. The highest BCUT2D eigenvalue weighted by molar-refractivity contribution is 7.27. The minimum Gasteiger partial charge on any atom is -0.305 e. The van der Waals surface area contributed by atoms with Crippen LogP contribution in [0, 0.1) is 0 Å². The van der Waals surface area contributed by atoms with Gasteiger partial charge < -0.3 is 4.57 Å². The van der Waals surface area contributed by atoms with Gasteiger partial charge in [0.2, 0.25) is 0 Å². The Hall–Kier alpha value is -6.10. The van der Waals surface area contributed by atoms with E-state index in [2.05, 4.69) is 132 Å². The Balaban J connectivity index is 1.50. The third kappa shape index (κ3) is 4.64. The van der Waals surface area contributed by atoms with Crippen LogP contribution in [0.2, 0.25) is 0 Å². The third-order valence-electron chi connectivity index (χ3n) is 9.31. The van der Waals surface area contributed by atoms with Crippen molar-refractivity contribution in [3.8, 4) is 28.1 Å². The molecule has 0 aliphatic heterocycles. The number of aromatic nitrogens is 3. The van der Waals surface area contributed by atoms with Crippen molar-refractivity contribution in [2.45, 2.75) is 6.92 Å². The van der Waals surface area contributed by atoms with E-state index in [1.165, 1.54) is 58.4 Å². The van der Waals surface area contributed by atoms with Gasteiger partial charge in [-0.3, -0.25) is 0 Å². The number of nitrogens with zero attached hydrogens (tertiary/aromatic N) is 3. The van der Waals surface area contributed by atoms with Crippen molar-refractivity contribution in [1.82, 2.24) is 14.5 Å². The normalized spacial score (nSPS) is 12.3. The molecule has 0 aliphatic carbocycles. The van der Waals surface area contributed by atoms with Crippen molar-refractivity contribution in [3.63, 3.8) is 0 Å². The first-order valence-corrected chi connectivity index (χ1v) is 17.3. The average molecular weight is 646 g/mol. The van der Waals surface area contributed by atoms with Crippen molar-refractivity contribution in [2.24, 2.45) is 0 Å². The second-order valence-corrected chi connectivity index (χ2v) is 13.2. The summed E-state index contributed by atoms with van der Waals surface area (Å²) in [6, 6.07) is 45.7. The Morgan fingerprint density at radius 2 is 1.39 bits per heavy atom. The first-order valence-electron chi connectivity index (χ1n) is 16.5. The van der Waals surface area contributed by atoms with Gasteiger partial charge in [-0.25, -0.2) is 9.97 Å². The van der Waals surface area contributed by atoms with Crippen LogP contribution in [-0.2, 0) is 0 Å². The molecule has 0 atom stereocenters. The van der Waals surface area contributed by atoms with Crippen LogP contribution in [-0.4, -0.2) is 14.5 Å². The first kappa shape index (κ1) is 29.1. The molecule has 3 aromatic heterocycles. The summed E-state index contributed by atoms with van der Waals surface area (Å²) in [5.74, 6) is 0.657. The fraction of sp³-hybridized carbons (Fsp3) is 0.0222. The largest absolute Gasteiger partial charge is 0.305 e. The lowest BCUT2D eigenvalue weighted by Crippen LogP contribution is -2.04. The highest BCUT2D eigenvalue weighted by Gasteiger charge is 2.24. The smallest absolute Gasteiger partial charge is 0.159 e. The Bertz CT molecular complexity index is 2780. The molecule has 4 heteroatoms. The Morgan fingerprint density at radius 1 is 0.694 bits per heavy atom. The summed E-state index contributed by atoms with van der Waals surface area (Å²) in [6.07, 6.45) is 9.79. The SMILES string of the molecule is C=C/C=C(\C=C/C)c1ncc(-n2c3ccc(-c4ccccc4)cc3c3c4ccccc4c4sc5ccccc5c4c32)c(-c2ccccc2)n1. The zero-order chi connectivity index (χ0) is 32.9. The zero-order valence-electron chi connectivity index (χ0n) is 27.0. The van der Waals surface area contributed by atoms with Gasteiger partial charge in [0.1, 0.15) is 0 Å². The molecule has 3 heterocycles. The highest BCUT2D eigenvalue weighted by Crippen LogP contribution is 2.49. The molecule has 9 rings (SSSR count). The van der Waals surface area contributed by atoms with Crippen molar-refractivity contribution >= 4 is 69.7 Å². The minimum atomic E-state index is 0.657. The van der Waals surface area contributed by atoms with Crippen molar-refractivity contribution < 1.29 is 0 Å². The topological polar surface area (TPSA) is 30.7 Å². The van der Waals surface area contributed by atoms with Gasteiger partial charge in [-0.05, 0) is 41.6 Å². The molecule has 3 nitrogen and oxygen atoms in total. The molecule has 0 saturated carbocycles. The molecule has 0 saturated heterocycles. The van der Waals surface area contributed by atoms with Crippen LogP contribution in [0.5, 0.6) is 0 Å². The summed E-state index contributed by atoms with van der Waals surface area (Å²) < 4.78 is 4.99. The van der Waals surface area contributed by atoms with Gasteiger partial charge in [-0.2, -0.15) is 0 Å². The standard InChI is InChI=1S/C45H31N3S/c1-3-15-31(16-4-2)45-46-28-38(42(47-45)30-19-9-6-10-20-30)48-37-26-25-32(29-17-7-5-8-18-29)27-36(37)40-33-21-11-12-22-34(33)44-41(43(40)48)35-23-13-14-24-39(35)49-44/h3-28H,1H2,2H3/b16-4-,31-15+. The summed E-state index contributed by atoms with van der Waals surface area (Å²) in [5, 5.41) is 7.48. The van der Waals surface area contributed by atoms with E-state index in [1.54, 1.807) is 6.08 Å². The van der Waals surface area contributed by atoms with Crippen LogP contribution in [0.4, 0.5) is 0 Å². The van der Waals surface area contributed by atoms with E-state index in [0.717, 1.165) is 28.0 Å². The second-order valence-electron chi connectivity index (χ2n) is 12.2. The van der Waals surface area contributed by atoms with Gasteiger partial charge in [-0.15, -0.1) is 11.3 Å². The molecule has 9 aromatic rings. The molecule has 0 radical (unpaired) electrons. The summed E-state index contributed by atoms with van der Waals surface area (Å²) in [4.78, 5) is 10.3.